The molecule has 0 unspecified atom stereocenters. The van der Waals surface area contributed by atoms with Crippen LogP contribution in [0.3, 0.4) is 0 Å². The molecule has 0 saturated carbocycles. The zero-order chi connectivity index (χ0) is 16.1. The fourth-order valence-electron chi connectivity index (χ4n) is 1.91. The van der Waals surface area contributed by atoms with Crippen molar-refractivity contribution in [2.24, 2.45) is 0 Å². The first-order valence-corrected chi connectivity index (χ1v) is 6.88. The van der Waals surface area contributed by atoms with Gasteiger partial charge in [-0.2, -0.15) is 0 Å². The first-order chi connectivity index (χ1) is 10.5. The average Bonchev–Trinajstić information content (AvgIpc) is 2.52. The van der Waals surface area contributed by atoms with Crippen molar-refractivity contribution in [3.8, 4) is 0 Å². The van der Waals surface area contributed by atoms with Gasteiger partial charge in [0, 0.05) is 31.5 Å². The zero-order valence-electron chi connectivity index (χ0n) is 12.3. The van der Waals surface area contributed by atoms with Crippen molar-refractivity contribution in [3.05, 3.63) is 47.8 Å². The minimum absolute atomic E-state index is 0.0595. The van der Waals surface area contributed by atoms with Gasteiger partial charge < -0.3 is 10.2 Å². The first-order valence-electron chi connectivity index (χ1n) is 6.88. The topological polar surface area (TPSA) is 58.1 Å². The van der Waals surface area contributed by atoms with E-state index in [1.165, 1.54) is 18.5 Å². The lowest BCUT2D eigenvalue weighted by Gasteiger charge is -2.18. The molecule has 22 heavy (non-hydrogen) atoms. The van der Waals surface area contributed by atoms with Crippen molar-refractivity contribution in [1.82, 2.24) is 14.9 Å². The van der Waals surface area contributed by atoms with E-state index in [9.17, 15) is 13.6 Å². The van der Waals surface area contributed by atoms with Gasteiger partial charge in [-0.25, -0.2) is 18.7 Å². The number of halogens is 2. The SMILES string of the molecule is CCN(CC)C(=O)c1cnc(Nc2ccc(F)cc2F)nc1. The Hall–Kier alpha value is -2.57. The number of hydrogen-bond acceptors (Lipinski definition) is 4. The highest BCUT2D eigenvalue weighted by atomic mass is 19.1. The lowest BCUT2D eigenvalue weighted by molar-refractivity contribution is 0.0772. The summed E-state index contributed by atoms with van der Waals surface area (Å²) < 4.78 is 26.4. The van der Waals surface area contributed by atoms with Gasteiger partial charge in [0.2, 0.25) is 5.95 Å². The van der Waals surface area contributed by atoms with Crippen molar-refractivity contribution >= 4 is 17.5 Å². The van der Waals surface area contributed by atoms with E-state index in [0.29, 0.717) is 18.7 Å². The van der Waals surface area contributed by atoms with Gasteiger partial charge >= 0.3 is 0 Å². The maximum Gasteiger partial charge on any atom is 0.256 e. The van der Waals surface area contributed by atoms with E-state index < -0.39 is 11.6 Å². The molecule has 7 heteroatoms. The summed E-state index contributed by atoms with van der Waals surface area (Å²) in [6.45, 7) is 4.96. The summed E-state index contributed by atoms with van der Waals surface area (Å²) in [5.74, 6) is -1.44. The average molecular weight is 306 g/mol. The summed E-state index contributed by atoms with van der Waals surface area (Å²) in [6, 6.07) is 3.15. The van der Waals surface area contributed by atoms with Gasteiger partial charge in [-0.1, -0.05) is 0 Å². The number of carbonyl (C=O) groups excluding carboxylic acids is 1. The van der Waals surface area contributed by atoms with Crippen LogP contribution in [0.5, 0.6) is 0 Å². The van der Waals surface area contributed by atoms with Crippen molar-refractivity contribution in [2.45, 2.75) is 13.8 Å². The summed E-state index contributed by atoms with van der Waals surface area (Å²) in [5, 5.41) is 2.63. The number of nitrogens with zero attached hydrogens (tertiary/aromatic N) is 3. The number of anilines is 2. The predicted octanol–water partition coefficient (Wildman–Crippen LogP) is 2.98. The molecular weight excluding hydrogens is 290 g/mol. The third-order valence-electron chi connectivity index (χ3n) is 3.13. The molecule has 0 aliphatic heterocycles. The first kappa shape index (κ1) is 15.8. The van der Waals surface area contributed by atoms with Crippen LogP contribution >= 0.6 is 0 Å². The molecule has 0 radical (unpaired) electrons. The van der Waals surface area contributed by atoms with Crippen LogP contribution in [0.1, 0.15) is 24.2 Å². The van der Waals surface area contributed by atoms with Gasteiger partial charge in [-0.15, -0.1) is 0 Å². The van der Waals surface area contributed by atoms with Gasteiger partial charge in [-0.3, -0.25) is 4.79 Å². The monoisotopic (exact) mass is 306 g/mol. The summed E-state index contributed by atoms with van der Waals surface area (Å²) in [6.07, 6.45) is 2.74. The van der Waals surface area contributed by atoms with E-state index in [2.05, 4.69) is 15.3 Å². The van der Waals surface area contributed by atoms with Crippen molar-refractivity contribution in [1.29, 1.82) is 0 Å². The molecule has 0 aliphatic carbocycles. The third-order valence-corrected chi connectivity index (χ3v) is 3.13. The number of nitrogens with one attached hydrogen (secondary N) is 1. The normalized spacial score (nSPS) is 10.4. The van der Waals surface area contributed by atoms with Gasteiger partial charge in [-0.05, 0) is 26.0 Å². The molecule has 0 spiro atoms. The number of benzene rings is 1. The van der Waals surface area contributed by atoms with E-state index in [0.717, 1.165) is 12.1 Å². The molecule has 2 rings (SSSR count). The summed E-state index contributed by atoms with van der Waals surface area (Å²) in [5.41, 5.74) is 0.415. The molecule has 1 amide bonds. The molecule has 116 valence electrons. The molecule has 1 heterocycles. The molecule has 1 aromatic heterocycles. The van der Waals surface area contributed by atoms with Crippen LogP contribution < -0.4 is 5.32 Å². The lowest BCUT2D eigenvalue weighted by atomic mass is 10.3. The minimum atomic E-state index is -0.744. The number of rotatable bonds is 5. The van der Waals surface area contributed by atoms with Crippen molar-refractivity contribution < 1.29 is 13.6 Å². The second-order valence-electron chi connectivity index (χ2n) is 4.52. The van der Waals surface area contributed by atoms with E-state index >= 15 is 0 Å². The lowest BCUT2D eigenvalue weighted by Crippen LogP contribution is -2.30. The molecule has 2 aromatic rings. The van der Waals surface area contributed by atoms with Crippen LogP contribution in [0.25, 0.3) is 0 Å². The van der Waals surface area contributed by atoms with Crippen molar-refractivity contribution in [2.75, 3.05) is 18.4 Å². The van der Waals surface area contributed by atoms with Gasteiger partial charge in [0.1, 0.15) is 11.6 Å². The van der Waals surface area contributed by atoms with E-state index in [4.69, 9.17) is 0 Å². The van der Waals surface area contributed by atoms with Crippen molar-refractivity contribution in [3.63, 3.8) is 0 Å². The number of aromatic nitrogens is 2. The van der Waals surface area contributed by atoms with Crippen LogP contribution in [-0.2, 0) is 0 Å². The Bertz CT molecular complexity index is 657. The summed E-state index contributed by atoms with van der Waals surface area (Å²) >= 11 is 0. The van der Waals surface area contributed by atoms with Crippen LogP contribution in [0, 0.1) is 11.6 Å². The fourth-order valence-corrected chi connectivity index (χ4v) is 1.91. The number of hydrogen-bond donors (Lipinski definition) is 1. The molecule has 0 atom stereocenters. The molecule has 1 aromatic carbocycles. The second-order valence-corrected chi connectivity index (χ2v) is 4.52. The Morgan fingerprint density at radius 2 is 1.82 bits per heavy atom. The molecule has 1 N–H and O–H groups in total. The maximum absolute atomic E-state index is 13.5. The highest BCUT2D eigenvalue weighted by Gasteiger charge is 2.13. The van der Waals surface area contributed by atoms with Crippen LogP contribution in [0.2, 0.25) is 0 Å². The van der Waals surface area contributed by atoms with Crippen LogP contribution in [0.4, 0.5) is 20.4 Å². The number of carbonyl (C=O) groups is 1. The van der Waals surface area contributed by atoms with E-state index in [1.54, 1.807) is 4.90 Å². The molecule has 0 saturated heterocycles. The van der Waals surface area contributed by atoms with Gasteiger partial charge in [0.25, 0.3) is 5.91 Å². The Morgan fingerprint density at radius 1 is 1.18 bits per heavy atom. The van der Waals surface area contributed by atoms with Gasteiger partial charge in [0.05, 0.1) is 11.3 Å². The maximum atomic E-state index is 13.5. The van der Waals surface area contributed by atoms with E-state index in [-0.39, 0.29) is 17.5 Å². The predicted molar refractivity (Wildman–Crippen MR) is 78.9 cm³/mol. The molecule has 5 nitrogen and oxygen atoms in total. The standard InChI is InChI=1S/C15H16F2N4O/c1-3-21(4-2)14(22)10-8-18-15(19-9-10)20-13-6-5-11(16)7-12(13)17/h5-9H,3-4H2,1-2H3,(H,18,19,20). The largest absolute Gasteiger partial charge is 0.339 e. The Morgan fingerprint density at radius 3 is 2.36 bits per heavy atom. The summed E-state index contributed by atoms with van der Waals surface area (Å²) in [7, 11) is 0. The highest BCUT2D eigenvalue weighted by Crippen LogP contribution is 2.18. The Labute approximate surface area is 127 Å². The van der Waals surface area contributed by atoms with Crippen LogP contribution in [0.15, 0.2) is 30.6 Å². The van der Waals surface area contributed by atoms with Crippen LogP contribution in [-0.4, -0.2) is 33.9 Å². The molecule has 0 bridgehead atoms. The highest BCUT2D eigenvalue weighted by molar-refractivity contribution is 5.93. The molecular formula is C15H16F2N4O. The Balaban J connectivity index is 2.13. The zero-order valence-corrected chi connectivity index (χ0v) is 12.3. The molecule has 0 aliphatic rings. The summed E-state index contributed by atoms with van der Waals surface area (Å²) in [4.78, 5) is 21.7. The number of amides is 1. The minimum Gasteiger partial charge on any atom is -0.339 e. The third kappa shape index (κ3) is 3.55. The quantitative estimate of drug-likeness (QED) is 0.922. The Kier molecular flexibility index (Phi) is 4.98. The smallest absolute Gasteiger partial charge is 0.256 e. The fraction of sp³-hybridized carbons (Fsp3) is 0.267. The second kappa shape index (κ2) is 6.93. The van der Waals surface area contributed by atoms with E-state index in [1.807, 2.05) is 13.8 Å². The molecule has 0 fully saturated rings. The van der Waals surface area contributed by atoms with Gasteiger partial charge in [0.15, 0.2) is 0 Å².